The van der Waals surface area contributed by atoms with Gasteiger partial charge in [-0.3, -0.25) is 9.00 Å². The smallest absolute Gasteiger partial charge is 0.315 e. The molecule has 0 saturated carbocycles. The second-order valence-electron chi connectivity index (χ2n) is 4.20. The molecule has 0 aromatic heterocycles. The second-order valence-corrected chi connectivity index (χ2v) is 6.00. The molecule has 0 aromatic rings. The van der Waals surface area contributed by atoms with Gasteiger partial charge in [-0.15, -0.1) is 0 Å². The number of rotatable bonds is 8. The minimum Gasteiger partial charge on any atom is -0.481 e. The highest BCUT2D eigenvalue weighted by Crippen LogP contribution is 1.99. The maximum Gasteiger partial charge on any atom is 0.315 e. The lowest BCUT2D eigenvalue weighted by Gasteiger charge is -2.16. The summed E-state index contributed by atoms with van der Waals surface area (Å²) in [5, 5.41) is 13.9. The molecule has 0 heterocycles. The third kappa shape index (κ3) is 8.05. The largest absolute Gasteiger partial charge is 0.481 e. The number of carboxylic acids is 1. The van der Waals surface area contributed by atoms with Crippen LogP contribution in [-0.4, -0.2) is 45.4 Å². The van der Waals surface area contributed by atoms with Gasteiger partial charge in [0.1, 0.15) is 0 Å². The summed E-state index contributed by atoms with van der Waals surface area (Å²) in [7, 11) is -0.895. The van der Waals surface area contributed by atoms with Crippen molar-refractivity contribution in [1.82, 2.24) is 10.6 Å². The molecule has 0 fully saturated rings. The Balaban J connectivity index is 3.88. The highest BCUT2D eigenvalue weighted by molar-refractivity contribution is 7.84. The van der Waals surface area contributed by atoms with Crippen molar-refractivity contribution in [3.8, 4) is 0 Å². The summed E-state index contributed by atoms with van der Waals surface area (Å²) in [4.78, 5) is 22.0. The predicted octanol–water partition coefficient (Wildman–Crippen LogP) is 0.696. The Hall–Kier alpha value is -1.11. The molecule has 0 radical (unpaired) electrons. The van der Waals surface area contributed by atoms with Gasteiger partial charge in [0, 0.05) is 34.9 Å². The minimum atomic E-state index is -0.933. The SMILES string of the molecule is CCC(CC(=O)O)NC(=O)NCCC(C)S(C)=O. The molecule has 0 aromatic carbocycles. The number of aliphatic carboxylic acids is 1. The number of carboxylic acid groups (broad SMARTS) is 1. The van der Waals surface area contributed by atoms with E-state index in [-0.39, 0.29) is 23.7 Å². The number of urea groups is 1. The summed E-state index contributed by atoms with van der Waals surface area (Å²) >= 11 is 0. The van der Waals surface area contributed by atoms with Crippen LogP contribution >= 0.6 is 0 Å². The van der Waals surface area contributed by atoms with Crippen LogP contribution in [0.5, 0.6) is 0 Å². The Morgan fingerprint density at radius 1 is 1.39 bits per heavy atom. The minimum absolute atomic E-state index is 0.0336. The lowest BCUT2D eigenvalue weighted by molar-refractivity contribution is -0.137. The van der Waals surface area contributed by atoms with Crippen LogP contribution < -0.4 is 10.6 Å². The van der Waals surface area contributed by atoms with Crippen molar-refractivity contribution in [3.63, 3.8) is 0 Å². The van der Waals surface area contributed by atoms with Crippen molar-refractivity contribution < 1.29 is 18.9 Å². The fourth-order valence-electron chi connectivity index (χ4n) is 1.30. The van der Waals surface area contributed by atoms with Gasteiger partial charge >= 0.3 is 12.0 Å². The van der Waals surface area contributed by atoms with Crippen molar-refractivity contribution in [3.05, 3.63) is 0 Å². The standard InChI is InChI=1S/C11H22N2O4S/c1-4-9(7-10(14)15)13-11(16)12-6-5-8(2)18(3)17/h8-9H,4-7H2,1-3H3,(H,14,15)(H2,12,13,16). The van der Waals surface area contributed by atoms with Gasteiger partial charge in [-0.2, -0.15) is 0 Å². The van der Waals surface area contributed by atoms with E-state index in [0.717, 1.165) is 0 Å². The Kier molecular flexibility index (Phi) is 8.36. The van der Waals surface area contributed by atoms with E-state index in [2.05, 4.69) is 10.6 Å². The van der Waals surface area contributed by atoms with E-state index >= 15 is 0 Å². The number of carbonyl (C=O) groups is 2. The maximum atomic E-state index is 11.5. The molecule has 6 nitrogen and oxygen atoms in total. The van der Waals surface area contributed by atoms with E-state index in [0.29, 0.717) is 19.4 Å². The molecule has 7 heteroatoms. The molecule has 0 bridgehead atoms. The summed E-state index contributed by atoms with van der Waals surface area (Å²) in [6.45, 7) is 4.10. The Labute approximate surface area is 110 Å². The molecule has 106 valence electrons. The van der Waals surface area contributed by atoms with Crippen molar-refractivity contribution in [1.29, 1.82) is 0 Å². The lowest BCUT2D eigenvalue weighted by Crippen LogP contribution is -2.43. The summed E-state index contributed by atoms with van der Waals surface area (Å²) in [6, 6.07) is -0.739. The van der Waals surface area contributed by atoms with E-state index in [4.69, 9.17) is 5.11 Å². The van der Waals surface area contributed by atoms with E-state index in [1.54, 1.807) is 6.26 Å². The quantitative estimate of drug-likeness (QED) is 0.609. The maximum absolute atomic E-state index is 11.5. The van der Waals surface area contributed by atoms with Crippen LogP contribution in [0.1, 0.15) is 33.1 Å². The van der Waals surface area contributed by atoms with Crippen LogP contribution in [0.3, 0.4) is 0 Å². The zero-order valence-corrected chi connectivity index (χ0v) is 11.9. The molecule has 2 amide bonds. The highest BCUT2D eigenvalue weighted by Gasteiger charge is 2.14. The topological polar surface area (TPSA) is 95.5 Å². The van der Waals surface area contributed by atoms with Gasteiger partial charge in [-0.1, -0.05) is 13.8 Å². The van der Waals surface area contributed by atoms with Crippen molar-refractivity contribution in [2.45, 2.75) is 44.4 Å². The van der Waals surface area contributed by atoms with Crippen molar-refractivity contribution >= 4 is 22.8 Å². The number of hydrogen-bond donors (Lipinski definition) is 3. The first kappa shape index (κ1) is 16.9. The van der Waals surface area contributed by atoms with E-state index in [1.165, 1.54) is 0 Å². The van der Waals surface area contributed by atoms with Crippen LogP contribution in [0.4, 0.5) is 4.79 Å². The Bertz CT molecular complexity index is 309. The van der Waals surface area contributed by atoms with E-state index in [9.17, 15) is 13.8 Å². The zero-order valence-electron chi connectivity index (χ0n) is 11.1. The molecule has 0 aliphatic heterocycles. The molecule has 0 saturated heterocycles. The monoisotopic (exact) mass is 278 g/mol. The van der Waals surface area contributed by atoms with Crippen LogP contribution in [0.25, 0.3) is 0 Å². The molecule has 0 aliphatic rings. The summed E-state index contributed by atoms with van der Waals surface area (Å²) in [5.41, 5.74) is 0. The molecule has 0 rings (SSSR count). The molecule has 3 unspecified atom stereocenters. The number of carbonyl (C=O) groups excluding carboxylic acids is 1. The summed E-state index contributed by atoms with van der Waals surface area (Å²) < 4.78 is 11.1. The first-order chi connectivity index (χ1) is 8.36. The van der Waals surface area contributed by atoms with Crippen molar-refractivity contribution in [2.24, 2.45) is 0 Å². The number of hydrogen-bond acceptors (Lipinski definition) is 3. The third-order valence-corrected chi connectivity index (χ3v) is 4.02. The summed E-state index contributed by atoms with van der Waals surface area (Å²) in [5.74, 6) is -0.933. The van der Waals surface area contributed by atoms with E-state index in [1.807, 2.05) is 13.8 Å². The first-order valence-corrected chi connectivity index (χ1v) is 7.57. The van der Waals surface area contributed by atoms with Gasteiger partial charge in [0.2, 0.25) is 0 Å². The van der Waals surface area contributed by atoms with Crippen LogP contribution in [0, 0.1) is 0 Å². The molecule has 3 N–H and O–H groups in total. The predicted molar refractivity (Wildman–Crippen MR) is 71.0 cm³/mol. The highest BCUT2D eigenvalue weighted by atomic mass is 32.2. The van der Waals surface area contributed by atoms with Crippen molar-refractivity contribution in [2.75, 3.05) is 12.8 Å². The molecular formula is C11H22N2O4S. The molecule has 18 heavy (non-hydrogen) atoms. The molecule has 0 aliphatic carbocycles. The van der Waals surface area contributed by atoms with Gasteiger partial charge in [-0.25, -0.2) is 4.79 Å². The lowest BCUT2D eigenvalue weighted by atomic mass is 10.1. The molecule has 3 atom stereocenters. The molecule has 0 spiro atoms. The number of amides is 2. The average Bonchev–Trinajstić information content (AvgIpc) is 2.27. The normalized spacial score (nSPS) is 15.5. The number of nitrogens with one attached hydrogen (secondary N) is 2. The molecular weight excluding hydrogens is 256 g/mol. The van der Waals surface area contributed by atoms with E-state index < -0.39 is 16.8 Å². The van der Waals surface area contributed by atoms with Crippen LogP contribution in [0.2, 0.25) is 0 Å². The fourth-order valence-corrected chi connectivity index (χ4v) is 1.75. The average molecular weight is 278 g/mol. The Morgan fingerprint density at radius 3 is 2.44 bits per heavy atom. The fraction of sp³-hybridized carbons (Fsp3) is 0.818. The van der Waals surface area contributed by atoms with Gasteiger partial charge < -0.3 is 15.7 Å². The zero-order chi connectivity index (χ0) is 14.1. The third-order valence-electron chi connectivity index (χ3n) is 2.65. The van der Waals surface area contributed by atoms with Crippen LogP contribution in [0.15, 0.2) is 0 Å². The van der Waals surface area contributed by atoms with Gasteiger partial charge in [0.25, 0.3) is 0 Å². The Morgan fingerprint density at radius 2 is 2.00 bits per heavy atom. The summed E-state index contributed by atoms with van der Waals surface area (Å²) in [6.07, 6.45) is 2.74. The second kappa shape index (κ2) is 8.91. The van der Waals surface area contributed by atoms with Gasteiger partial charge in [0.15, 0.2) is 0 Å². The van der Waals surface area contributed by atoms with Crippen LogP contribution in [-0.2, 0) is 15.6 Å². The van der Waals surface area contributed by atoms with Gasteiger partial charge in [-0.05, 0) is 12.8 Å². The first-order valence-electron chi connectivity index (χ1n) is 5.95. The van der Waals surface area contributed by atoms with Gasteiger partial charge in [0.05, 0.1) is 6.42 Å².